The Morgan fingerprint density at radius 1 is 1.18 bits per heavy atom. The van der Waals surface area contributed by atoms with Crippen molar-refractivity contribution in [2.45, 2.75) is 39.2 Å². The van der Waals surface area contributed by atoms with Gasteiger partial charge < -0.3 is 5.32 Å². The Labute approximate surface area is 107 Å². The number of benzene rings is 1. The second kappa shape index (κ2) is 5.26. The molecule has 0 amide bonds. The lowest BCUT2D eigenvalue weighted by atomic mass is 9.80. The van der Waals surface area contributed by atoms with Crippen molar-refractivity contribution in [1.82, 2.24) is 0 Å². The minimum atomic E-state index is -0.222. The molecule has 0 aliphatic heterocycles. The standard InChI is InChI=1S/C14H19ClFN/c1-9-5-10(2)7-12(6-9)17-14-8-11(15)3-4-13(14)16/h3-4,8-10,12,17H,5-7H2,1-2H3. The maximum absolute atomic E-state index is 13.6. The largest absolute Gasteiger partial charge is 0.380 e. The van der Waals surface area contributed by atoms with Crippen molar-refractivity contribution < 1.29 is 4.39 Å². The first-order valence-electron chi connectivity index (χ1n) is 6.26. The van der Waals surface area contributed by atoms with Gasteiger partial charge in [0, 0.05) is 11.1 Å². The highest BCUT2D eigenvalue weighted by molar-refractivity contribution is 6.30. The molecule has 1 aliphatic rings. The lowest BCUT2D eigenvalue weighted by Gasteiger charge is -2.32. The molecule has 2 atom stereocenters. The summed E-state index contributed by atoms with van der Waals surface area (Å²) in [7, 11) is 0. The molecule has 1 aromatic carbocycles. The molecule has 1 aliphatic carbocycles. The molecule has 1 aromatic rings. The first-order chi connectivity index (χ1) is 8.04. The van der Waals surface area contributed by atoms with E-state index in [-0.39, 0.29) is 5.82 Å². The van der Waals surface area contributed by atoms with Crippen LogP contribution >= 0.6 is 11.6 Å². The normalized spacial score (nSPS) is 29.1. The molecule has 2 unspecified atom stereocenters. The minimum absolute atomic E-state index is 0.222. The molecule has 17 heavy (non-hydrogen) atoms. The molecule has 0 spiro atoms. The van der Waals surface area contributed by atoms with E-state index in [9.17, 15) is 4.39 Å². The van der Waals surface area contributed by atoms with Crippen molar-refractivity contribution in [3.8, 4) is 0 Å². The predicted molar refractivity (Wildman–Crippen MR) is 71.0 cm³/mol. The average Bonchev–Trinajstić information content (AvgIpc) is 2.22. The zero-order valence-corrected chi connectivity index (χ0v) is 11.1. The molecule has 3 heteroatoms. The third-order valence-corrected chi connectivity index (χ3v) is 3.70. The summed E-state index contributed by atoms with van der Waals surface area (Å²) in [5.41, 5.74) is 0.531. The molecule has 0 bridgehead atoms. The second-order valence-electron chi connectivity index (χ2n) is 5.38. The van der Waals surface area contributed by atoms with Crippen LogP contribution in [0.2, 0.25) is 5.02 Å². The van der Waals surface area contributed by atoms with Crippen LogP contribution in [-0.4, -0.2) is 6.04 Å². The molecule has 94 valence electrons. The molecule has 2 rings (SSSR count). The molecule has 1 fully saturated rings. The molecule has 1 nitrogen and oxygen atoms in total. The van der Waals surface area contributed by atoms with Crippen LogP contribution in [-0.2, 0) is 0 Å². The molecule has 0 saturated heterocycles. The van der Waals surface area contributed by atoms with Gasteiger partial charge in [-0.25, -0.2) is 4.39 Å². The third-order valence-electron chi connectivity index (χ3n) is 3.47. The molecule has 0 radical (unpaired) electrons. The van der Waals surface area contributed by atoms with Crippen molar-refractivity contribution >= 4 is 17.3 Å². The van der Waals surface area contributed by atoms with Crippen LogP contribution in [0.4, 0.5) is 10.1 Å². The van der Waals surface area contributed by atoms with Gasteiger partial charge in [-0.3, -0.25) is 0 Å². The zero-order valence-electron chi connectivity index (χ0n) is 10.3. The van der Waals surface area contributed by atoms with Crippen LogP contribution in [0.1, 0.15) is 33.1 Å². The lowest BCUT2D eigenvalue weighted by molar-refractivity contribution is 0.280. The monoisotopic (exact) mass is 255 g/mol. The van der Waals surface area contributed by atoms with Crippen molar-refractivity contribution in [2.24, 2.45) is 11.8 Å². The fourth-order valence-corrected chi connectivity index (χ4v) is 3.06. The van der Waals surface area contributed by atoms with Crippen molar-refractivity contribution in [3.05, 3.63) is 29.0 Å². The summed E-state index contributed by atoms with van der Waals surface area (Å²) in [5.74, 6) is 1.19. The molecule has 1 saturated carbocycles. The highest BCUT2D eigenvalue weighted by Gasteiger charge is 2.24. The van der Waals surface area contributed by atoms with Gasteiger partial charge in [0.05, 0.1) is 5.69 Å². The predicted octanol–water partition coefficient (Wildman–Crippen LogP) is 4.72. The van der Waals surface area contributed by atoms with Crippen LogP contribution in [0, 0.1) is 17.7 Å². The number of rotatable bonds is 2. The van der Waals surface area contributed by atoms with E-state index in [4.69, 9.17) is 11.6 Å². The van der Waals surface area contributed by atoms with E-state index >= 15 is 0 Å². The number of hydrogen-bond donors (Lipinski definition) is 1. The summed E-state index contributed by atoms with van der Waals surface area (Å²) in [5, 5.41) is 3.87. The third kappa shape index (κ3) is 3.35. The first kappa shape index (κ1) is 12.7. The molecule has 1 N–H and O–H groups in total. The Bertz CT molecular complexity index is 384. The second-order valence-corrected chi connectivity index (χ2v) is 5.82. The number of halogens is 2. The Morgan fingerprint density at radius 3 is 2.47 bits per heavy atom. The zero-order chi connectivity index (χ0) is 12.4. The van der Waals surface area contributed by atoms with E-state index in [2.05, 4.69) is 19.2 Å². The molecular weight excluding hydrogens is 237 g/mol. The smallest absolute Gasteiger partial charge is 0.146 e. The number of anilines is 1. The SMILES string of the molecule is CC1CC(C)CC(Nc2cc(Cl)ccc2F)C1. The fourth-order valence-electron chi connectivity index (χ4n) is 2.89. The first-order valence-corrected chi connectivity index (χ1v) is 6.64. The van der Waals surface area contributed by atoms with Crippen LogP contribution in [0.3, 0.4) is 0 Å². The van der Waals surface area contributed by atoms with Gasteiger partial charge in [0.2, 0.25) is 0 Å². The van der Waals surface area contributed by atoms with Gasteiger partial charge in [-0.2, -0.15) is 0 Å². The quantitative estimate of drug-likeness (QED) is 0.807. The average molecular weight is 256 g/mol. The van der Waals surface area contributed by atoms with E-state index in [0.717, 1.165) is 12.8 Å². The topological polar surface area (TPSA) is 12.0 Å². The van der Waals surface area contributed by atoms with Gasteiger partial charge in [-0.1, -0.05) is 25.4 Å². The summed E-state index contributed by atoms with van der Waals surface area (Å²) >= 11 is 5.89. The molecule has 0 heterocycles. The highest BCUT2D eigenvalue weighted by atomic mass is 35.5. The molecule has 0 aromatic heterocycles. The Hall–Kier alpha value is -0.760. The van der Waals surface area contributed by atoms with Gasteiger partial charge in [-0.15, -0.1) is 0 Å². The summed E-state index contributed by atoms with van der Waals surface area (Å²) < 4.78 is 13.6. The Morgan fingerprint density at radius 2 is 1.82 bits per heavy atom. The van der Waals surface area contributed by atoms with Gasteiger partial charge in [0.15, 0.2) is 0 Å². The summed E-state index contributed by atoms with van der Waals surface area (Å²) in [6.07, 6.45) is 3.49. The number of nitrogens with one attached hydrogen (secondary N) is 1. The summed E-state index contributed by atoms with van der Waals surface area (Å²) in [6, 6.07) is 5.02. The van der Waals surface area contributed by atoms with E-state index in [0.29, 0.717) is 28.6 Å². The van der Waals surface area contributed by atoms with Gasteiger partial charge >= 0.3 is 0 Å². The number of hydrogen-bond acceptors (Lipinski definition) is 1. The Balaban J connectivity index is 2.07. The van der Waals surface area contributed by atoms with E-state index in [1.54, 1.807) is 12.1 Å². The van der Waals surface area contributed by atoms with Gasteiger partial charge in [0.1, 0.15) is 5.82 Å². The van der Waals surface area contributed by atoms with Gasteiger partial charge in [-0.05, 0) is 49.3 Å². The minimum Gasteiger partial charge on any atom is -0.380 e. The molecular formula is C14H19ClFN. The van der Waals surface area contributed by atoms with Crippen molar-refractivity contribution in [3.63, 3.8) is 0 Å². The van der Waals surface area contributed by atoms with E-state index in [1.807, 2.05) is 0 Å². The fraction of sp³-hybridized carbons (Fsp3) is 0.571. The highest BCUT2D eigenvalue weighted by Crippen LogP contribution is 2.31. The summed E-state index contributed by atoms with van der Waals surface area (Å²) in [6.45, 7) is 4.53. The van der Waals surface area contributed by atoms with Crippen molar-refractivity contribution in [1.29, 1.82) is 0 Å². The van der Waals surface area contributed by atoms with Crippen LogP contribution < -0.4 is 5.32 Å². The van der Waals surface area contributed by atoms with Crippen LogP contribution in [0.25, 0.3) is 0 Å². The van der Waals surface area contributed by atoms with E-state index in [1.165, 1.54) is 12.5 Å². The van der Waals surface area contributed by atoms with Gasteiger partial charge in [0.25, 0.3) is 0 Å². The van der Waals surface area contributed by atoms with Crippen LogP contribution in [0.15, 0.2) is 18.2 Å². The van der Waals surface area contributed by atoms with E-state index < -0.39 is 0 Å². The maximum Gasteiger partial charge on any atom is 0.146 e. The van der Waals surface area contributed by atoms with Crippen molar-refractivity contribution in [2.75, 3.05) is 5.32 Å². The maximum atomic E-state index is 13.6. The van der Waals surface area contributed by atoms with Crippen LogP contribution in [0.5, 0.6) is 0 Å². The lowest BCUT2D eigenvalue weighted by Crippen LogP contribution is -2.30. The Kier molecular flexibility index (Phi) is 3.93. The summed E-state index contributed by atoms with van der Waals surface area (Å²) in [4.78, 5) is 0.